The van der Waals surface area contributed by atoms with Crippen LogP contribution in [0.5, 0.6) is 0 Å². The molecule has 7 heteroatoms. The molecule has 25 heavy (non-hydrogen) atoms. The van der Waals surface area contributed by atoms with Crippen LogP contribution in [0, 0.1) is 0 Å². The van der Waals surface area contributed by atoms with Crippen molar-refractivity contribution in [2.75, 3.05) is 26.9 Å². The standard InChI is InChI=1S/C18H21BrN2O4/c1-4-9-21-12(2)15(17(22)25-11-10-24-3)16(20-18(21)23)13-7-5-6-8-14(13)19/h4-8,16H,1,9-11H2,2-3H3,(H,20,23)/t16-/m1/s1. The summed E-state index contributed by atoms with van der Waals surface area (Å²) in [6, 6.07) is 6.56. The zero-order valence-electron chi connectivity index (χ0n) is 14.3. The van der Waals surface area contributed by atoms with Crippen molar-refractivity contribution in [3.05, 3.63) is 58.2 Å². The first-order valence-corrected chi connectivity index (χ1v) is 8.60. The van der Waals surface area contributed by atoms with Crippen molar-refractivity contribution in [2.24, 2.45) is 0 Å². The maximum atomic E-state index is 12.7. The fraction of sp³-hybridized carbons (Fsp3) is 0.333. The molecule has 2 rings (SSSR count). The number of nitrogens with zero attached hydrogens (tertiary/aromatic N) is 1. The minimum Gasteiger partial charge on any atom is -0.460 e. The summed E-state index contributed by atoms with van der Waals surface area (Å²) in [6.07, 6.45) is 1.61. The summed E-state index contributed by atoms with van der Waals surface area (Å²) in [5.74, 6) is -0.482. The number of hydrogen-bond acceptors (Lipinski definition) is 4. The van der Waals surface area contributed by atoms with Gasteiger partial charge in [-0.15, -0.1) is 6.58 Å². The summed E-state index contributed by atoms with van der Waals surface area (Å²) in [4.78, 5) is 26.6. The fourth-order valence-corrected chi connectivity index (χ4v) is 3.15. The summed E-state index contributed by atoms with van der Waals surface area (Å²) >= 11 is 3.48. The first kappa shape index (κ1) is 19.2. The second-order valence-corrected chi connectivity index (χ2v) is 6.29. The lowest BCUT2D eigenvalue weighted by molar-refractivity contribution is -0.140. The third-order valence-electron chi connectivity index (χ3n) is 3.86. The quantitative estimate of drug-likeness (QED) is 0.427. The summed E-state index contributed by atoms with van der Waals surface area (Å²) < 4.78 is 11.0. The highest BCUT2D eigenvalue weighted by atomic mass is 79.9. The van der Waals surface area contributed by atoms with Crippen LogP contribution in [0.4, 0.5) is 4.79 Å². The second kappa shape index (κ2) is 8.82. The number of nitrogens with one attached hydrogen (secondary N) is 1. The number of rotatable bonds is 7. The summed E-state index contributed by atoms with van der Waals surface area (Å²) in [6.45, 7) is 6.15. The van der Waals surface area contributed by atoms with Gasteiger partial charge in [-0.1, -0.05) is 40.2 Å². The van der Waals surface area contributed by atoms with Gasteiger partial charge in [-0.3, -0.25) is 4.90 Å². The lowest BCUT2D eigenvalue weighted by atomic mass is 9.95. The Morgan fingerprint density at radius 1 is 1.40 bits per heavy atom. The Bertz CT molecular complexity index is 702. The van der Waals surface area contributed by atoms with Crippen molar-refractivity contribution < 1.29 is 19.1 Å². The zero-order valence-corrected chi connectivity index (χ0v) is 15.8. The van der Waals surface area contributed by atoms with E-state index >= 15 is 0 Å². The van der Waals surface area contributed by atoms with Gasteiger partial charge >= 0.3 is 12.0 Å². The van der Waals surface area contributed by atoms with Crippen molar-refractivity contribution in [3.8, 4) is 0 Å². The van der Waals surface area contributed by atoms with Gasteiger partial charge < -0.3 is 14.8 Å². The molecule has 1 aliphatic heterocycles. The molecule has 0 saturated carbocycles. The largest absolute Gasteiger partial charge is 0.460 e. The van der Waals surface area contributed by atoms with E-state index in [4.69, 9.17) is 9.47 Å². The van der Waals surface area contributed by atoms with E-state index in [1.807, 2.05) is 24.3 Å². The van der Waals surface area contributed by atoms with E-state index in [9.17, 15) is 9.59 Å². The normalized spacial score (nSPS) is 17.3. The number of hydrogen-bond donors (Lipinski definition) is 1. The molecule has 0 saturated heterocycles. The van der Waals surface area contributed by atoms with Crippen molar-refractivity contribution in [1.29, 1.82) is 0 Å². The minimum absolute atomic E-state index is 0.143. The number of urea groups is 1. The van der Waals surface area contributed by atoms with Gasteiger partial charge in [-0.2, -0.15) is 0 Å². The van der Waals surface area contributed by atoms with Crippen molar-refractivity contribution in [1.82, 2.24) is 10.2 Å². The van der Waals surface area contributed by atoms with Crippen LogP contribution in [0.3, 0.4) is 0 Å². The van der Waals surface area contributed by atoms with Gasteiger partial charge in [0.25, 0.3) is 0 Å². The first-order valence-electron chi connectivity index (χ1n) is 7.81. The van der Waals surface area contributed by atoms with Gasteiger partial charge in [0.15, 0.2) is 0 Å². The SMILES string of the molecule is C=CCN1C(=O)N[C@H](c2ccccc2Br)C(C(=O)OCCOC)=C1C. The smallest absolute Gasteiger partial charge is 0.338 e. The highest BCUT2D eigenvalue weighted by Crippen LogP contribution is 2.34. The number of carbonyl (C=O) groups excluding carboxylic acids is 2. The molecule has 0 fully saturated rings. The average molecular weight is 409 g/mol. The molecule has 1 aliphatic rings. The van der Waals surface area contributed by atoms with E-state index in [1.165, 1.54) is 12.0 Å². The van der Waals surface area contributed by atoms with E-state index in [1.54, 1.807) is 13.0 Å². The van der Waals surface area contributed by atoms with Crippen LogP contribution in [0.15, 0.2) is 52.7 Å². The minimum atomic E-state index is -0.598. The molecular weight excluding hydrogens is 388 g/mol. The van der Waals surface area contributed by atoms with Gasteiger partial charge in [0.2, 0.25) is 0 Å². The summed E-state index contributed by atoms with van der Waals surface area (Å²) in [7, 11) is 1.54. The molecule has 1 atom stereocenters. The summed E-state index contributed by atoms with van der Waals surface area (Å²) in [5.41, 5.74) is 1.73. The van der Waals surface area contributed by atoms with Crippen LogP contribution in [0.25, 0.3) is 0 Å². The Balaban J connectivity index is 2.45. The Hall–Kier alpha value is -2.12. The molecule has 1 heterocycles. The molecule has 6 nitrogen and oxygen atoms in total. The average Bonchev–Trinajstić information content (AvgIpc) is 2.58. The summed E-state index contributed by atoms with van der Waals surface area (Å²) in [5, 5.41) is 2.88. The number of benzene rings is 1. The Labute approximate surface area is 155 Å². The van der Waals surface area contributed by atoms with Gasteiger partial charge in [-0.05, 0) is 18.6 Å². The molecule has 0 aliphatic carbocycles. The highest BCUT2D eigenvalue weighted by Gasteiger charge is 2.36. The Kier molecular flexibility index (Phi) is 6.78. The van der Waals surface area contributed by atoms with E-state index in [-0.39, 0.29) is 12.6 Å². The van der Waals surface area contributed by atoms with Gasteiger partial charge in [0.05, 0.1) is 18.2 Å². The maximum Gasteiger partial charge on any atom is 0.338 e. The van der Waals surface area contributed by atoms with Crippen LogP contribution in [-0.4, -0.2) is 43.8 Å². The van der Waals surface area contributed by atoms with E-state index in [0.29, 0.717) is 24.4 Å². The van der Waals surface area contributed by atoms with E-state index in [2.05, 4.69) is 27.8 Å². The molecule has 1 N–H and O–H groups in total. The van der Waals surface area contributed by atoms with E-state index in [0.717, 1.165) is 10.0 Å². The number of amides is 2. The van der Waals surface area contributed by atoms with Crippen LogP contribution in [0.1, 0.15) is 18.5 Å². The predicted octanol–water partition coefficient (Wildman–Crippen LogP) is 3.17. The molecule has 1 aromatic rings. The van der Waals surface area contributed by atoms with Crippen LogP contribution in [0.2, 0.25) is 0 Å². The van der Waals surface area contributed by atoms with Gasteiger partial charge in [0, 0.05) is 23.8 Å². The maximum absolute atomic E-state index is 12.7. The Morgan fingerprint density at radius 2 is 2.12 bits per heavy atom. The molecule has 0 unspecified atom stereocenters. The van der Waals surface area contributed by atoms with E-state index < -0.39 is 12.0 Å². The lowest BCUT2D eigenvalue weighted by Crippen LogP contribution is -2.48. The third kappa shape index (κ3) is 4.29. The fourth-order valence-electron chi connectivity index (χ4n) is 2.63. The van der Waals surface area contributed by atoms with Gasteiger partial charge in [-0.25, -0.2) is 9.59 Å². The lowest BCUT2D eigenvalue weighted by Gasteiger charge is -2.35. The first-order chi connectivity index (χ1) is 12.0. The Morgan fingerprint density at radius 3 is 2.76 bits per heavy atom. The van der Waals surface area contributed by atoms with Crippen LogP contribution in [-0.2, 0) is 14.3 Å². The number of carbonyl (C=O) groups is 2. The van der Waals surface area contributed by atoms with Crippen molar-refractivity contribution >= 4 is 27.9 Å². The molecule has 2 amide bonds. The predicted molar refractivity (Wildman–Crippen MR) is 97.9 cm³/mol. The van der Waals surface area contributed by atoms with Crippen molar-refractivity contribution in [3.63, 3.8) is 0 Å². The molecule has 1 aromatic carbocycles. The number of allylic oxidation sites excluding steroid dienone is 1. The molecule has 0 spiro atoms. The zero-order chi connectivity index (χ0) is 18.4. The van der Waals surface area contributed by atoms with Crippen LogP contribution < -0.4 is 5.32 Å². The highest BCUT2D eigenvalue weighted by molar-refractivity contribution is 9.10. The molecular formula is C18H21BrN2O4. The number of halogens is 1. The monoisotopic (exact) mass is 408 g/mol. The molecule has 134 valence electrons. The molecule has 0 bridgehead atoms. The van der Waals surface area contributed by atoms with Crippen LogP contribution >= 0.6 is 15.9 Å². The third-order valence-corrected chi connectivity index (χ3v) is 4.59. The van der Waals surface area contributed by atoms with Gasteiger partial charge in [0.1, 0.15) is 6.61 Å². The topological polar surface area (TPSA) is 67.9 Å². The second-order valence-electron chi connectivity index (χ2n) is 5.43. The number of methoxy groups -OCH3 is 1. The molecule has 0 aromatic heterocycles. The number of ether oxygens (including phenoxy) is 2. The number of esters is 1. The molecule has 0 radical (unpaired) electrons. The van der Waals surface area contributed by atoms with Crippen molar-refractivity contribution in [2.45, 2.75) is 13.0 Å².